The van der Waals surface area contributed by atoms with Crippen LogP contribution in [0.5, 0.6) is 5.75 Å². The molecule has 0 aromatic heterocycles. The topological polar surface area (TPSA) is 73.6 Å². The second kappa shape index (κ2) is 6.91. The molecule has 1 fully saturated rings. The van der Waals surface area contributed by atoms with Crippen molar-refractivity contribution < 1.29 is 14.3 Å². The zero-order valence-corrected chi connectivity index (χ0v) is 12.7. The van der Waals surface area contributed by atoms with E-state index >= 15 is 0 Å². The van der Waals surface area contributed by atoms with E-state index in [1.54, 1.807) is 31.4 Å². The summed E-state index contributed by atoms with van der Waals surface area (Å²) >= 11 is 0. The van der Waals surface area contributed by atoms with E-state index in [4.69, 9.17) is 15.2 Å². The number of amides is 1. The molecule has 0 spiro atoms. The summed E-state index contributed by atoms with van der Waals surface area (Å²) < 4.78 is 10.4. The molecule has 5 heteroatoms. The third kappa shape index (κ3) is 4.19. The molecule has 1 unspecified atom stereocenters. The molecule has 21 heavy (non-hydrogen) atoms. The number of ether oxygens (including phenoxy) is 2. The molecule has 1 aliphatic carbocycles. The van der Waals surface area contributed by atoms with Gasteiger partial charge in [-0.2, -0.15) is 0 Å². The van der Waals surface area contributed by atoms with Gasteiger partial charge in [0.2, 0.25) is 0 Å². The quantitative estimate of drug-likeness (QED) is 0.713. The number of methoxy groups -OCH3 is 1. The van der Waals surface area contributed by atoms with Crippen LogP contribution in [0.2, 0.25) is 0 Å². The average Bonchev–Trinajstić information content (AvgIpc) is 3.33. The monoisotopic (exact) mass is 292 g/mol. The van der Waals surface area contributed by atoms with Gasteiger partial charge in [-0.25, -0.2) is 0 Å². The summed E-state index contributed by atoms with van der Waals surface area (Å²) in [6, 6.07) is 7.12. The van der Waals surface area contributed by atoms with Crippen LogP contribution in [-0.2, 0) is 4.74 Å². The lowest BCUT2D eigenvalue weighted by Crippen LogP contribution is -2.53. The predicted octanol–water partition coefficient (Wildman–Crippen LogP) is 1.57. The van der Waals surface area contributed by atoms with Crippen molar-refractivity contribution in [3.05, 3.63) is 29.8 Å². The Hall–Kier alpha value is -1.59. The highest BCUT2D eigenvalue weighted by Crippen LogP contribution is 2.39. The number of hydrogen-bond donors (Lipinski definition) is 2. The van der Waals surface area contributed by atoms with Crippen LogP contribution in [0.1, 0.15) is 30.1 Å². The summed E-state index contributed by atoms with van der Waals surface area (Å²) in [5.74, 6) is 1.15. The summed E-state index contributed by atoms with van der Waals surface area (Å²) in [6.07, 6.45) is 2.28. The largest absolute Gasteiger partial charge is 0.491 e. The number of nitrogens with two attached hydrogens (primary N) is 1. The highest BCUT2D eigenvalue weighted by atomic mass is 16.5. The molecule has 1 amide bonds. The fraction of sp³-hybridized carbons (Fsp3) is 0.562. The van der Waals surface area contributed by atoms with E-state index in [9.17, 15) is 4.79 Å². The zero-order chi connectivity index (χ0) is 15.3. The van der Waals surface area contributed by atoms with Gasteiger partial charge in [0, 0.05) is 19.2 Å². The van der Waals surface area contributed by atoms with Gasteiger partial charge >= 0.3 is 0 Å². The van der Waals surface area contributed by atoms with Crippen LogP contribution in [0.25, 0.3) is 0 Å². The molecule has 1 atom stereocenters. The van der Waals surface area contributed by atoms with Crippen molar-refractivity contribution in [2.75, 3.05) is 26.9 Å². The van der Waals surface area contributed by atoms with Crippen molar-refractivity contribution in [3.8, 4) is 5.75 Å². The molecule has 1 aromatic carbocycles. The maximum atomic E-state index is 12.3. The fourth-order valence-electron chi connectivity index (χ4n) is 2.32. The van der Waals surface area contributed by atoms with Crippen molar-refractivity contribution in [2.24, 2.45) is 11.7 Å². The third-order valence-corrected chi connectivity index (χ3v) is 3.97. The Kier molecular flexibility index (Phi) is 5.20. The zero-order valence-electron chi connectivity index (χ0n) is 12.7. The fourth-order valence-corrected chi connectivity index (χ4v) is 2.32. The maximum Gasteiger partial charge on any atom is 0.251 e. The van der Waals surface area contributed by atoms with E-state index in [1.807, 2.05) is 6.92 Å². The molecule has 1 aromatic rings. The van der Waals surface area contributed by atoms with Crippen molar-refractivity contribution >= 4 is 5.91 Å². The molecule has 5 nitrogen and oxygen atoms in total. The second-order valence-corrected chi connectivity index (χ2v) is 5.72. The van der Waals surface area contributed by atoms with Gasteiger partial charge < -0.3 is 20.5 Å². The van der Waals surface area contributed by atoms with Gasteiger partial charge in [0.05, 0.1) is 12.1 Å². The molecule has 0 saturated heterocycles. The van der Waals surface area contributed by atoms with Crippen molar-refractivity contribution in [2.45, 2.75) is 25.3 Å². The first-order chi connectivity index (χ1) is 10.1. The van der Waals surface area contributed by atoms with Crippen LogP contribution in [0.4, 0.5) is 0 Å². The minimum Gasteiger partial charge on any atom is -0.491 e. The van der Waals surface area contributed by atoms with E-state index in [1.165, 1.54) is 0 Å². The van der Waals surface area contributed by atoms with Crippen LogP contribution in [-0.4, -0.2) is 38.3 Å². The normalized spacial score (nSPS) is 17.1. The highest BCUT2D eigenvalue weighted by molar-refractivity contribution is 5.94. The van der Waals surface area contributed by atoms with Crippen molar-refractivity contribution in [3.63, 3.8) is 0 Å². The Morgan fingerprint density at radius 1 is 1.33 bits per heavy atom. The van der Waals surface area contributed by atoms with E-state index in [0.717, 1.165) is 18.6 Å². The number of hydrogen-bond acceptors (Lipinski definition) is 4. The first-order valence-electron chi connectivity index (χ1n) is 7.33. The first kappa shape index (κ1) is 15.8. The van der Waals surface area contributed by atoms with Gasteiger partial charge in [-0.3, -0.25) is 4.79 Å². The lowest BCUT2D eigenvalue weighted by Gasteiger charge is -2.29. The van der Waals surface area contributed by atoms with Crippen LogP contribution >= 0.6 is 0 Å². The second-order valence-electron chi connectivity index (χ2n) is 5.72. The van der Waals surface area contributed by atoms with E-state index < -0.39 is 0 Å². The molecular weight excluding hydrogens is 268 g/mol. The molecule has 1 saturated carbocycles. The molecule has 0 bridgehead atoms. The number of benzene rings is 1. The van der Waals surface area contributed by atoms with Crippen LogP contribution in [0.15, 0.2) is 24.3 Å². The highest BCUT2D eigenvalue weighted by Gasteiger charge is 2.41. The molecule has 3 N–H and O–H groups in total. The number of rotatable bonds is 8. The Labute approximate surface area is 125 Å². The standard InChI is InChI=1S/C16H24N2O3/c1-16(11-17,13-5-6-13)18-15(19)12-3-7-14(8-4-12)21-10-9-20-2/h3-4,7-8,13H,5-6,9-11,17H2,1-2H3,(H,18,19). The molecule has 0 radical (unpaired) electrons. The Morgan fingerprint density at radius 2 is 2.00 bits per heavy atom. The Balaban J connectivity index is 1.93. The van der Waals surface area contributed by atoms with Crippen LogP contribution in [0.3, 0.4) is 0 Å². The van der Waals surface area contributed by atoms with E-state index in [0.29, 0.717) is 31.2 Å². The summed E-state index contributed by atoms with van der Waals surface area (Å²) in [4.78, 5) is 12.3. The lowest BCUT2D eigenvalue weighted by atomic mass is 9.95. The molecular formula is C16H24N2O3. The molecule has 116 valence electrons. The molecule has 0 heterocycles. The smallest absolute Gasteiger partial charge is 0.251 e. The van der Waals surface area contributed by atoms with Crippen LogP contribution < -0.4 is 15.8 Å². The number of carbonyl (C=O) groups is 1. The van der Waals surface area contributed by atoms with E-state index in [2.05, 4.69) is 5.32 Å². The van der Waals surface area contributed by atoms with Crippen LogP contribution in [0, 0.1) is 5.92 Å². The Morgan fingerprint density at radius 3 is 2.52 bits per heavy atom. The van der Waals surface area contributed by atoms with E-state index in [-0.39, 0.29) is 11.4 Å². The Bertz CT molecular complexity index is 471. The summed E-state index contributed by atoms with van der Waals surface area (Å²) in [7, 11) is 1.63. The maximum absolute atomic E-state index is 12.3. The molecule has 2 rings (SSSR count). The minimum atomic E-state index is -0.301. The SMILES string of the molecule is COCCOc1ccc(C(=O)NC(C)(CN)C2CC2)cc1. The third-order valence-electron chi connectivity index (χ3n) is 3.97. The first-order valence-corrected chi connectivity index (χ1v) is 7.33. The van der Waals surface area contributed by atoms with Gasteiger partial charge in [0.1, 0.15) is 12.4 Å². The molecule has 0 aliphatic heterocycles. The predicted molar refractivity (Wildman–Crippen MR) is 81.5 cm³/mol. The van der Waals surface area contributed by atoms with Gasteiger partial charge in [0.15, 0.2) is 0 Å². The summed E-state index contributed by atoms with van der Waals surface area (Å²) in [6.45, 7) is 3.51. The van der Waals surface area contributed by atoms with Crippen molar-refractivity contribution in [1.82, 2.24) is 5.32 Å². The van der Waals surface area contributed by atoms with Crippen molar-refractivity contribution in [1.29, 1.82) is 0 Å². The summed E-state index contributed by atoms with van der Waals surface area (Å²) in [5, 5.41) is 3.07. The lowest BCUT2D eigenvalue weighted by molar-refractivity contribution is 0.0897. The number of carbonyl (C=O) groups excluding carboxylic acids is 1. The van der Waals surface area contributed by atoms with Gasteiger partial charge in [-0.1, -0.05) is 0 Å². The minimum absolute atomic E-state index is 0.0849. The number of nitrogens with one attached hydrogen (secondary N) is 1. The molecule has 1 aliphatic rings. The van der Waals surface area contributed by atoms with Gasteiger partial charge in [-0.15, -0.1) is 0 Å². The van der Waals surface area contributed by atoms with Gasteiger partial charge in [0.25, 0.3) is 5.91 Å². The van der Waals surface area contributed by atoms with Gasteiger partial charge in [-0.05, 0) is 49.9 Å². The average molecular weight is 292 g/mol. The summed E-state index contributed by atoms with van der Waals surface area (Å²) in [5.41, 5.74) is 6.14.